The average Bonchev–Trinajstić information content (AvgIpc) is 2.42. The molecule has 0 unspecified atom stereocenters. The topological polar surface area (TPSA) is 41.9 Å². The van der Waals surface area contributed by atoms with Crippen molar-refractivity contribution in [2.24, 2.45) is 0 Å². The van der Waals surface area contributed by atoms with Crippen LogP contribution in [-0.4, -0.2) is 42.4 Å². The summed E-state index contributed by atoms with van der Waals surface area (Å²) in [6, 6.07) is 0. The lowest BCUT2D eigenvalue weighted by atomic mass is 9.90. The van der Waals surface area contributed by atoms with Gasteiger partial charge in [-0.2, -0.15) is 0 Å². The second-order valence-corrected chi connectivity index (χ2v) is 4.07. The fraction of sp³-hybridized carbons (Fsp3) is 1.00. The summed E-state index contributed by atoms with van der Waals surface area (Å²) in [5.74, 6) is 0. The van der Waals surface area contributed by atoms with Gasteiger partial charge in [0.15, 0.2) is 0 Å². The number of rotatable bonds is 1. The summed E-state index contributed by atoms with van der Waals surface area (Å²) in [7, 11) is 0. The molecule has 1 saturated heterocycles. The largest absolute Gasteiger partial charge is 0.381 e. The number of nitrogens with zero attached hydrogens (tertiary/aromatic N) is 1. The number of hydrogen-bond acceptors (Lipinski definition) is 4. The lowest BCUT2D eigenvalue weighted by molar-refractivity contribution is -0.192. The summed E-state index contributed by atoms with van der Waals surface area (Å²) in [4.78, 5) is 1.92. The molecule has 1 aliphatic heterocycles. The number of aliphatic hydroxyl groups excluding tert-OH is 1. The van der Waals surface area contributed by atoms with Crippen LogP contribution in [0.15, 0.2) is 0 Å². The number of aliphatic hydroxyl groups is 1. The van der Waals surface area contributed by atoms with Crippen LogP contribution in [0.5, 0.6) is 0 Å². The van der Waals surface area contributed by atoms with E-state index in [-0.39, 0.29) is 12.5 Å². The molecular weight excluding hydrogens is 182 g/mol. The predicted octanol–water partition coefficient (Wildman–Crippen LogP) is 0.903. The molecule has 0 atom stereocenters. The zero-order chi connectivity index (χ0) is 9.86. The fourth-order valence-electron chi connectivity index (χ4n) is 2.41. The van der Waals surface area contributed by atoms with Gasteiger partial charge in [-0.25, -0.2) is 4.90 Å². The Morgan fingerprint density at radius 1 is 1.14 bits per heavy atom. The van der Waals surface area contributed by atoms with Gasteiger partial charge < -0.3 is 14.6 Å². The Labute approximate surface area is 84.8 Å². The van der Waals surface area contributed by atoms with E-state index >= 15 is 0 Å². The van der Waals surface area contributed by atoms with Crippen molar-refractivity contribution in [3.63, 3.8) is 0 Å². The zero-order valence-corrected chi connectivity index (χ0v) is 8.57. The van der Waals surface area contributed by atoms with Crippen molar-refractivity contribution in [1.82, 2.24) is 4.90 Å². The minimum atomic E-state index is -0.233. The molecule has 1 aliphatic carbocycles. The average molecular weight is 201 g/mol. The van der Waals surface area contributed by atoms with Gasteiger partial charge in [0, 0.05) is 0 Å². The molecule has 0 amide bonds. The van der Waals surface area contributed by atoms with Crippen molar-refractivity contribution >= 4 is 0 Å². The van der Waals surface area contributed by atoms with Crippen LogP contribution in [0.25, 0.3) is 0 Å². The Morgan fingerprint density at radius 3 is 2.64 bits per heavy atom. The van der Waals surface area contributed by atoms with Crippen molar-refractivity contribution in [3.05, 3.63) is 0 Å². The van der Waals surface area contributed by atoms with E-state index in [1.54, 1.807) is 0 Å². The Kier molecular flexibility index (Phi) is 3.38. The Morgan fingerprint density at radius 2 is 1.93 bits per heavy atom. The second-order valence-electron chi connectivity index (χ2n) is 4.07. The first kappa shape index (κ1) is 10.4. The zero-order valence-electron chi connectivity index (χ0n) is 8.57. The fourth-order valence-corrected chi connectivity index (χ4v) is 2.41. The van der Waals surface area contributed by atoms with Crippen LogP contribution in [0, 0.1) is 0 Å². The van der Waals surface area contributed by atoms with Crippen LogP contribution in [0.3, 0.4) is 0 Å². The Hall–Kier alpha value is -0.160. The van der Waals surface area contributed by atoms with Crippen LogP contribution in [0.2, 0.25) is 0 Å². The maximum Gasteiger partial charge on any atom is 0.125 e. The first-order chi connectivity index (χ1) is 6.87. The summed E-state index contributed by atoms with van der Waals surface area (Å²) in [5.41, 5.74) is -0.233. The Balaban J connectivity index is 2.08. The molecule has 0 bridgehead atoms. The minimum Gasteiger partial charge on any atom is -0.381 e. The van der Waals surface area contributed by atoms with Crippen molar-refractivity contribution in [3.8, 4) is 0 Å². The Bertz CT molecular complexity index is 180. The molecule has 1 N–H and O–H groups in total. The maximum atomic E-state index is 9.30. The van der Waals surface area contributed by atoms with Gasteiger partial charge in [-0.15, -0.1) is 0 Å². The van der Waals surface area contributed by atoms with E-state index < -0.39 is 0 Å². The van der Waals surface area contributed by atoms with Crippen LogP contribution in [0.4, 0.5) is 0 Å². The highest BCUT2D eigenvalue weighted by Gasteiger charge is 2.39. The van der Waals surface area contributed by atoms with Crippen LogP contribution in [-0.2, 0) is 9.47 Å². The van der Waals surface area contributed by atoms with E-state index in [0.29, 0.717) is 19.9 Å². The van der Waals surface area contributed by atoms with Gasteiger partial charge in [0.1, 0.15) is 12.5 Å². The van der Waals surface area contributed by atoms with E-state index in [9.17, 15) is 5.11 Å². The molecule has 1 spiro atoms. The number of hydrogen-bond donors (Lipinski definition) is 1. The molecule has 14 heavy (non-hydrogen) atoms. The lowest BCUT2D eigenvalue weighted by Crippen LogP contribution is -2.52. The molecule has 2 aliphatic rings. The molecule has 1 heterocycles. The third kappa shape index (κ3) is 1.93. The van der Waals surface area contributed by atoms with Crippen LogP contribution < -0.4 is 0 Å². The van der Waals surface area contributed by atoms with E-state index in [1.807, 2.05) is 4.90 Å². The van der Waals surface area contributed by atoms with E-state index in [4.69, 9.17) is 9.47 Å². The van der Waals surface area contributed by atoms with Gasteiger partial charge >= 0.3 is 0 Å². The van der Waals surface area contributed by atoms with Crippen molar-refractivity contribution in [1.29, 1.82) is 0 Å². The van der Waals surface area contributed by atoms with Gasteiger partial charge in [0.25, 0.3) is 0 Å². The normalized spacial score (nSPS) is 28.9. The molecule has 1 saturated carbocycles. The molecule has 0 aromatic carbocycles. The molecule has 4 nitrogen and oxygen atoms in total. The summed E-state index contributed by atoms with van der Waals surface area (Å²) in [6.45, 7) is 1.81. The molecule has 4 heteroatoms. The van der Waals surface area contributed by atoms with Crippen molar-refractivity contribution in [2.45, 2.75) is 37.8 Å². The van der Waals surface area contributed by atoms with E-state index in [2.05, 4.69) is 0 Å². The second kappa shape index (κ2) is 4.57. The predicted molar refractivity (Wildman–Crippen MR) is 51.5 cm³/mol. The first-order valence-corrected chi connectivity index (χ1v) is 5.45. The van der Waals surface area contributed by atoms with Gasteiger partial charge in [0.05, 0.1) is 19.9 Å². The summed E-state index contributed by atoms with van der Waals surface area (Å²) >= 11 is 0. The van der Waals surface area contributed by atoms with Gasteiger partial charge in [-0.3, -0.25) is 0 Å². The minimum absolute atomic E-state index is 0.0278. The molecule has 0 aromatic heterocycles. The molecule has 0 radical (unpaired) electrons. The SMILES string of the molecule is OCN1COCCOC12CCCCC2. The van der Waals surface area contributed by atoms with E-state index in [1.165, 1.54) is 19.3 Å². The van der Waals surface area contributed by atoms with Crippen LogP contribution >= 0.6 is 0 Å². The highest BCUT2D eigenvalue weighted by atomic mass is 16.6. The standard InChI is InChI=1S/C10H19NO3/c12-8-11-9-13-6-7-14-10(11)4-2-1-3-5-10/h12H,1-9H2. The quantitative estimate of drug-likeness (QED) is 0.684. The smallest absolute Gasteiger partial charge is 0.125 e. The third-order valence-electron chi connectivity index (χ3n) is 3.23. The molecule has 2 rings (SSSR count). The molecule has 0 aromatic rings. The molecule has 82 valence electrons. The van der Waals surface area contributed by atoms with Gasteiger partial charge in [-0.05, 0) is 25.7 Å². The maximum absolute atomic E-state index is 9.30. The van der Waals surface area contributed by atoms with Crippen molar-refractivity contribution < 1.29 is 14.6 Å². The first-order valence-electron chi connectivity index (χ1n) is 5.45. The summed E-state index contributed by atoms with van der Waals surface area (Å²) < 4.78 is 11.2. The summed E-state index contributed by atoms with van der Waals surface area (Å²) in [5, 5.41) is 9.30. The number of ether oxygens (including phenoxy) is 2. The molecular formula is C10H19NO3. The molecule has 2 fully saturated rings. The summed E-state index contributed by atoms with van der Waals surface area (Å²) in [6.07, 6.45) is 5.71. The van der Waals surface area contributed by atoms with Crippen LogP contribution in [0.1, 0.15) is 32.1 Å². The monoisotopic (exact) mass is 201 g/mol. The lowest BCUT2D eigenvalue weighted by Gasteiger charge is -2.43. The highest BCUT2D eigenvalue weighted by Crippen LogP contribution is 2.35. The van der Waals surface area contributed by atoms with Gasteiger partial charge in [0.2, 0.25) is 0 Å². The third-order valence-corrected chi connectivity index (χ3v) is 3.23. The highest BCUT2D eigenvalue weighted by molar-refractivity contribution is 4.84. The van der Waals surface area contributed by atoms with E-state index in [0.717, 1.165) is 12.8 Å². The van der Waals surface area contributed by atoms with Gasteiger partial charge in [-0.1, -0.05) is 6.42 Å². The van der Waals surface area contributed by atoms with Crippen molar-refractivity contribution in [2.75, 3.05) is 26.7 Å².